The van der Waals surface area contributed by atoms with Gasteiger partial charge in [-0.15, -0.1) is 11.3 Å². The van der Waals surface area contributed by atoms with Crippen molar-refractivity contribution in [2.75, 3.05) is 6.54 Å². The predicted molar refractivity (Wildman–Crippen MR) is 83.6 cm³/mol. The maximum Gasteiger partial charge on any atom is 0.129 e. The molecule has 0 saturated heterocycles. The van der Waals surface area contributed by atoms with Crippen LogP contribution in [0.15, 0.2) is 34.1 Å². The van der Waals surface area contributed by atoms with Gasteiger partial charge < -0.3 is 5.32 Å². The van der Waals surface area contributed by atoms with Crippen LogP contribution in [0.3, 0.4) is 0 Å². The highest BCUT2D eigenvalue weighted by Gasteiger charge is 2.19. The molecule has 0 fully saturated rings. The molecule has 1 heterocycles. The van der Waals surface area contributed by atoms with Gasteiger partial charge in [-0.05, 0) is 47.1 Å². The maximum atomic E-state index is 14.1. The molecular weight excluding hydrogens is 349 g/mol. The summed E-state index contributed by atoms with van der Waals surface area (Å²) < 4.78 is 15.1. The van der Waals surface area contributed by atoms with Crippen LogP contribution in [0.1, 0.15) is 29.8 Å². The molecule has 0 radical (unpaired) electrons. The molecule has 1 aromatic heterocycles. The Balaban J connectivity index is 2.36. The molecule has 19 heavy (non-hydrogen) atoms. The monoisotopic (exact) mass is 361 g/mol. The summed E-state index contributed by atoms with van der Waals surface area (Å²) in [6.07, 6.45) is 0.998. The van der Waals surface area contributed by atoms with Crippen molar-refractivity contribution in [3.8, 4) is 0 Å². The number of rotatable bonds is 5. The Morgan fingerprint density at radius 3 is 2.79 bits per heavy atom. The SMILES string of the molecule is CCCNC(c1cc(Br)cs1)c1ccc(Cl)cc1F. The molecule has 0 saturated carbocycles. The molecule has 2 rings (SSSR count). The molecule has 0 aliphatic rings. The molecule has 5 heteroatoms. The molecule has 1 unspecified atom stereocenters. The smallest absolute Gasteiger partial charge is 0.129 e. The minimum Gasteiger partial charge on any atom is -0.306 e. The van der Waals surface area contributed by atoms with E-state index in [0.29, 0.717) is 10.6 Å². The lowest BCUT2D eigenvalue weighted by molar-refractivity contribution is 0.551. The Kier molecular flexibility index (Phi) is 5.39. The van der Waals surface area contributed by atoms with Crippen molar-refractivity contribution in [2.45, 2.75) is 19.4 Å². The second-order valence-electron chi connectivity index (χ2n) is 4.22. The zero-order valence-electron chi connectivity index (χ0n) is 10.4. The highest BCUT2D eigenvalue weighted by molar-refractivity contribution is 9.10. The normalized spacial score (nSPS) is 12.6. The zero-order chi connectivity index (χ0) is 13.8. The van der Waals surface area contributed by atoms with Gasteiger partial charge in [-0.2, -0.15) is 0 Å². The van der Waals surface area contributed by atoms with E-state index in [1.807, 2.05) is 11.4 Å². The fourth-order valence-electron chi connectivity index (χ4n) is 1.87. The van der Waals surface area contributed by atoms with Crippen molar-refractivity contribution in [2.24, 2.45) is 0 Å². The Hall–Kier alpha value is -0.420. The fourth-order valence-corrected chi connectivity index (χ4v) is 3.56. The van der Waals surface area contributed by atoms with Crippen molar-refractivity contribution in [3.05, 3.63) is 55.4 Å². The largest absolute Gasteiger partial charge is 0.306 e. The van der Waals surface area contributed by atoms with Crippen LogP contribution >= 0.6 is 38.9 Å². The van der Waals surface area contributed by atoms with Gasteiger partial charge in [0.05, 0.1) is 6.04 Å². The lowest BCUT2D eigenvalue weighted by Crippen LogP contribution is -2.23. The Labute approximate surface area is 129 Å². The van der Waals surface area contributed by atoms with Gasteiger partial charge in [0.15, 0.2) is 0 Å². The topological polar surface area (TPSA) is 12.0 Å². The first-order valence-corrected chi connectivity index (χ1v) is 8.09. The molecule has 0 bridgehead atoms. The van der Waals surface area contributed by atoms with Gasteiger partial charge in [-0.1, -0.05) is 24.6 Å². The van der Waals surface area contributed by atoms with Crippen LogP contribution in [0.5, 0.6) is 0 Å². The summed E-state index contributed by atoms with van der Waals surface area (Å²) in [5.41, 5.74) is 0.632. The van der Waals surface area contributed by atoms with E-state index < -0.39 is 0 Å². The maximum absolute atomic E-state index is 14.1. The molecule has 1 aromatic carbocycles. The van der Waals surface area contributed by atoms with Crippen molar-refractivity contribution in [1.29, 1.82) is 0 Å². The van der Waals surface area contributed by atoms with Crippen LogP contribution in [-0.4, -0.2) is 6.54 Å². The Morgan fingerprint density at radius 2 is 2.21 bits per heavy atom. The van der Waals surface area contributed by atoms with Gasteiger partial charge in [0, 0.05) is 25.3 Å². The van der Waals surface area contributed by atoms with Gasteiger partial charge in [0.1, 0.15) is 5.82 Å². The van der Waals surface area contributed by atoms with Gasteiger partial charge in [0.2, 0.25) is 0 Å². The Bertz CT molecular complexity index is 558. The third-order valence-electron chi connectivity index (χ3n) is 2.74. The van der Waals surface area contributed by atoms with Crippen LogP contribution in [0, 0.1) is 5.82 Å². The first-order chi connectivity index (χ1) is 9.11. The first kappa shape index (κ1) is 15.0. The fraction of sp³-hybridized carbons (Fsp3) is 0.286. The standard InChI is InChI=1S/C14H14BrClFNS/c1-2-5-18-14(13-6-9(15)8-19-13)11-4-3-10(16)7-12(11)17/h3-4,6-8,14,18H,2,5H2,1H3. The molecule has 0 aliphatic carbocycles. The quantitative estimate of drug-likeness (QED) is 0.751. The third kappa shape index (κ3) is 3.78. The van der Waals surface area contributed by atoms with E-state index in [0.717, 1.165) is 22.3 Å². The first-order valence-electron chi connectivity index (χ1n) is 6.04. The molecule has 1 atom stereocenters. The third-order valence-corrected chi connectivity index (χ3v) is 4.74. The number of thiophene rings is 1. The van der Waals surface area contributed by atoms with E-state index in [-0.39, 0.29) is 11.9 Å². The van der Waals surface area contributed by atoms with E-state index in [1.165, 1.54) is 6.07 Å². The second kappa shape index (κ2) is 6.84. The number of benzene rings is 1. The summed E-state index contributed by atoms with van der Waals surface area (Å²) in [4.78, 5) is 1.08. The van der Waals surface area contributed by atoms with E-state index >= 15 is 0 Å². The summed E-state index contributed by atoms with van der Waals surface area (Å²) in [6.45, 7) is 2.93. The molecule has 1 nitrogen and oxygen atoms in total. The highest BCUT2D eigenvalue weighted by atomic mass is 79.9. The molecule has 102 valence electrons. The van der Waals surface area contributed by atoms with Crippen LogP contribution in [-0.2, 0) is 0 Å². The van der Waals surface area contributed by atoms with E-state index in [9.17, 15) is 4.39 Å². The number of halogens is 3. The van der Waals surface area contributed by atoms with Crippen LogP contribution in [0.4, 0.5) is 4.39 Å². The predicted octanol–water partition coefficient (Wildman–Crippen LogP) is 5.39. The van der Waals surface area contributed by atoms with Crippen molar-refractivity contribution in [1.82, 2.24) is 5.32 Å². The van der Waals surface area contributed by atoms with Gasteiger partial charge in [0.25, 0.3) is 0 Å². The summed E-state index contributed by atoms with van der Waals surface area (Å²) in [7, 11) is 0. The highest BCUT2D eigenvalue weighted by Crippen LogP contribution is 2.32. The number of hydrogen-bond acceptors (Lipinski definition) is 2. The van der Waals surface area contributed by atoms with Crippen molar-refractivity contribution in [3.63, 3.8) is 0 Å². The van der Waals surface area contributed by atoms with Crippen LogP contribution in [0.25, 0.3) is 0 Å². The minimum atomic E-state index is -0.273. The van der Waals surface area contributed by atoms with Gasteiger partial charge >= 0.3 is 0 Å². The average Bonchev–Trinajstić information content (AvgIpc) is 2.78. The molecule has 1 N–H and O–H groups in total. The molecule has 0 aliphatic heterocycles. The summed E-state index contributed by atoms with van der Waals surface area (Å²) in [5.74, 6) is -0.273. The van der Waals surface area contributed by atoms with Gasteiger partial charge in [-0.3, -0.25) is 0 Å². The lowest BCUT2D eigenvalue weighted by atomic mass is 10.0. The van der Waals surface area contributed by atoms with E-state index in [4.69, 9.17) is 11.6 Å². The summed E-state index contributed by atoms with van der Waals surface area (Å²) >= 11 is 10.9. The van der Waals surface area contributed by atoms with Gasteiger partial charge in [-0.25, -0.2) is 4.39 Å². The van der Waals surface area contributed by atoms with Crippen molar-refractivity contribution >= 4 is 38.9 Å². The van der Waals surface area contributed by atoms with Crippen molar-refractivity contribution < 1.29 is 4.39 Å². The lowest BCUT2D eigenvalue weighted by Gasteiger charge is -2.18. The summed E-state index contributed by atoms with van der Waals surface area (Å²) in [6, 6.07) is 6.72. The molecule has 0 spiro atoms. The summed E-state index contributed by atoms with van der Waals surface area (Å²) in [5, 5.41) is 5.81. The Morgan fingerprint density at radius 1 is 1.42 bits per heavy atom. The van der Waals surface area contributed by atoms with E-state index in [2.05, 4.69) is 28.2 Å². The van der Waals surface area contributed by atoms with Crippen LogP contribution < -0.4 is 5.32 Å². The molecule has 2 aromatic rings. The average molecular weight is 363 g/mol. The minimum absolute atomic E-state index is 0.131. The van der Waals surface area contributed by atoms with E-state index in [1.54, 1.807) is 23.5 Å². The molecule has 0 amide bonds. The zero-order valence-corrected chi connectivity index (χ0v) is 13.6. The second-order valence-corrected chi connectivity index (χ2v) is 6.52. The number of nitrogens with one attached hydrogen (secondary N) is 1. The molecular formula is C14H14BrClFNS. The van der Waals surface area contributed by atoms with Crippen LogP contribution in [0.2, 0.25) is 5.02 Å². The number of hydrogen-bond donors (Lipinski definition) is 1.